The van der Waals surface area contributed by atoms with Crippen LogP contribution >= 0.6 is 0 Å². The van der Waals surface area contributed by atoms with Gasteiger partial charge in [0.2, 0.25) is 0 Å². The van der Waals surface area contributed by atoms with Crippen LogP contribution in [-0.2, 0) is 9.84 Å². The Kier molecular flexibility index (Phi) is 5.49. The van der Waals surface area contributed by atoms with Crippen LogP contribution in [0.2, 0.25) is 0 Å². The zero-order chi connectivity index (χ0) is 16.4. The molecular formula is C18H32N2O2S. The SMILES string of the molecule is CC1=CCCC(C)C1CN1CCC(N2CCS(=O)(=O)CC2)CC1. The van der Waals surface area contributed by atoms with Gasteiger partial charge >= 0.3 is 0 Å². The van der Waals surface area contributed by atoms with E-state index in [1.807, 2.05) is 0 Å². The summed E-state index contributed by atoms with van der Waals surface area (Å²) in [5.74, 6) is 2.26. The maximum absolute atomic E-state index is 11.6. The lowest BCUT2D eigenvalue weighted by atomic mass is 9.79. The van der Waals surface area contributed by atoms with E-state index in [4.69, 9.17) is 0 Å². The second-order valence-electron chi connectivity index (χ2n) is 7.83. The Labute approximate surface area is 141 Å². The average Bonchev–Trinajstić information content (AvgIpc) is 2.52. The summed E-state index contributed by atoms with van der Waals surface area (Å²) in [7, 11) is -2.75. The molecule has 0 bridgehead atoms. The van der Waals surface area contributed by atoms with Crippen LogP contribution in [0.5, 0.6) is 0 Å². The maximum atomic E-state index is 11.6. The zero-order valence-electron chi connectivity index (χ0n) is 14.7. The van der Waals surface area contributed by atoms with Crippen molar-refractivity contribution in [1.82, 2.24) is 9.80 Å². The fraction of sp³-hybridized carbons (Fsp3) is 0.889. The Bertz CT molecular complexity index is 521. The molecule has 0 aromatic heterocycles. The van der Waals surface area contributed by atoms with Crippen molar-refractivity contribution in [2.45, 2.75) is 45.6 Å². The van der Waals surface area contributed by atoms with Crippen LogP contribution in [0.4, 0.5) is 0 Å². The number of allylic oxidation sites excluding steroid dienone is 1. The van der Waals surface area contributed by atoms with Gasteiger partial charge in [-0.25, -0.2) is 8.42 Å². The highest BCUT2D eigenvalue weighted by atomic mass is 32.2. The predicted molar refractivity (Wildman–Crippen MR) is 95.3 cm³/mol. The highest BCUT2D eigenvalue weighted by Gasteiger charge is 2.31. The number of hydrogen-bond donors (Lipinski definition) is 0. The first kappa shape index (κ1) is 17.4. The van der Waals surface area contributed by atoms with Gasteiger partial charge in [-0.05, 0) is 57.5 Å². The standard InChI is InChI=1S/C18H32N2O2S/c1-15-4-3-5-16(2)18(15)14-19-8-6-17(7-9-19)20-10-12-23(21,22)13-11-20/h4,16-18H,3,5-14H2,1-2H3. The Morgan fingerprint density at radius 3 is 2.35 bits per heavy atom. The highest BCUT2D eigenvalue weighted by Crippen LogP contribution is 2.31. The number of piperidine rings is 1. The summed E-state index contributed by atoms with van der Waals surface area (Å²) in [6, 6.07) is 0.599. The van der Waals surface area contributed by atoms with Crippen LogP contribution in [0, 0.1) is 11.8 Å². The van der Waals surface area contributed by atoms with Gasteiger partial charge in [0.25, 0.3) is 0 Å². The van der Waals surface area contributed by atoms with Gasteiger partial charge in [-0.3, -0.25) is 4.90 Å². The Morgan fingerprint density at radius 2 is 1.74 bits per heavy atom. The van der Waals surface area contributed by atoms with Crippen molar-refractivity contribution in [2.75, 3.05) is 44.2 Å². The summed E-state index contributed by atoms with van der Waals surface area (Å²) in [4.78, 5) is 5.06. The molecule has 3 aliphatic rings. The van der Waals surface area contributed by atoms with Gasteiger partial charge in [0.05, 0.1) is 11.5 Å². The van der Waals surface area contributed by atoms with Crippen LogP contribution in [0.3, 0.4) is 0 Å². The van der Waals surface area contributed by atoms with Crippen molar-refractivity contribution in [2.24, 2.45) is 11.8 Å². The largest absolute Gasteiger partial charge is 0.303 e. The van der Waals surface area contributed by atoms with E-state index in [1.165, 1.54) is 45.3 Å². The molecule has 4 nitrogen and oxygen atoms in total. The Hall–Kier alpha value is -0.390. The lowest BCUT2D eigenvalue weighted by Crippen LogP contribution is -2.51. The number of rotatable bonds is 3. The minimum Gasteiger partial charge on any atom is -0.303 e. The molecule has 0 aromatic rings. The van der Waals surface area contributed by atoms with Gasteiger partial charge in [0, 0.05) is 25.7 Å². The van der Waals surface area contributed by atoms with Crippen molar-refractivity contribution >= 4 is 9.84 Å². The number of sulfone groups is 1. The minimum absolute atomic E-state index is 0.358. The second-order valence-corrected chi connectivity index (χ2v) is 10.1. The van der Waals surface area contributed by atoms with Crippen molar-refractivity contribution in [3.05, 3.63) is 11.6 Å². The number of hydrogen-bond acceptors (Lipinski definition) is 4. The molecule has 23 heavy (non-hydrogen) atoms. The molecule has 3 rings (SSSR count). The van der Waals surface area contributed by atoms with Gasteiger partial charge in [-0.2, -0.15) is 0 Å². The molecule has 2 aliphatic heterocycles. The van der Waals surface area contributed by atoms with Gasteiger partial charge in [0.1, 0.15) is 0 Å². The van der Waals surface area contributed by atoms with E-state index < -0.39 is 9.84 Å². The van der Waals surface area contributed by atoms with E-state index in [0.717, 1.165) is 24.9 Å². The molecule has 1 aliphatic carbocycles. The van der Waals surface area contributed by atoms with Crippen molar-refractivity contribution in [3.8, 4) is 0 Å². The molecule has 2 fully saturated rings. The normalized spacial score (nSPS) is 34.3. The molecule has 2 unspecified atom stereocenters. The van der Waals surface area contributed by atoms with Crippen molar-refractivity contribution in [3.63, 3.8) is 0 Å². The van der Waals surface area contributed by atoms with E-state index in [1.54, 1.807) is 5.57 Å². The summed E-state index contributed by atoms with van der Waals surface area (Å²) in [5.41, 5.74) is 1.59. The monoisotopic (exact) mass is 340 g/mol. The molecule has 0 N–H and O–H groups in total. The molecule has 0 aromatic carbocycles. The first-order valence-electron chi connectivity index (χ1n) is 9.28. The van der Waals surface area contributed by atoms with E-state index >= 15 is 0 Å². The van der Waals surface area contributed by atoms with E-state index in [-0.39, 0.29) is 0 Å². The van der Waals surface area contributed by atoms with Crippen LogP contribution < -0.4 is 0 Å². The average molecular weight is 341 g/mol. The Balaban J connectivity index is 1.47. The third-order valence-electron chi connectivity index (χ3n) is 6.27. The predicted octanol–water partition coefficient (Wildman–Crippen LogP) is 2.17. The van der Waals surface area contributed by atoms with Gasteiger partial charge < -0.3 is 4.90 Å². The molecule has 5 heteroatoms. The molecule has 2 heterocycles. The molecular weight excluding hydrogens is 308 g/mol. The second kappa shape index (κ2) is 7.24. The minimum atomic E-state index is -2.75. The topological polar surface area (TPSA) is 40.6 Å². The van der Waals surface area contributed by atoms with Gasteiger partial charge in [-0.15, -0.1) is 0 Å². The van der Waals surface area contributed by atoms with Gasteiger partial charge in [-0.1, -0.05) is 18.6 Å². The van der Waals surface area contributed by atoms with Gasteiger partial charge in [0.15, 0.2) is 9.84 Å². The molecule has 2 atom stereocenters. The fourth-order valence-electron chi connectivity index (χ4n) is 4.54. The molecule has 0 radical (unpaired) electrons. The molecule has 0 spiro atoms. The van der Waals surface area contributed by atoms with Crippen LogP contribution in [0.25, 0.3) is 0 Å². The molecule has 132 valence electrons. The summed E-state index contributed by atoms with van der Waals surface area (Å²) in [6.45, 7) is 9.76. The van der Waals surface area contributed by atoms with Crippen LogP contribution in [-0.4, -0.2) is 68.5 Å². The molecule has 0 saturated carbocycles. The van der Waals surface area contributed by atoms with E-state index in [0.29, 0.717) is 17.5 Å². The summed E-state index contributed by atoms with van der Waals surface area (Å²) in [6.07, 6.45) is 7.42. The summed E-state index contributed by atoms with van der Waals surface area (Å²) >= 11 is 0. The number of nitrogens with zero attached hydrogens (tertiary/aromatic N) is 2. The zero-order valence-corrected chi connectivity index (χ0v) is 15.5. The van der Waals surface area contributed by atoms with Crippen molar-refractivity contribution < 1.29 is 8.42 Å². The van der Waals surface area contributed by atoms with E-state index in [9.17, 15) is 8.42 Å². The molecule has 0 amide bonds. The lowest BCUT2D eigenvalue weighted by Gasteiger charge is -2.42. The fourth-order valence-corrected chi connectivity index (χ4v) is 5.77. The lowest BCUT2D eigenvalue weighted by molar-refractivity contribution is 0.100. The highest BCUT2D eigenvalue weighted by molar-refractivity contribution is 7.91. The smallest absolute Gasteiger partial charge is 0.152 e. The Morgan fingerprint density at radius 1 is 1.09 bits per heavy atom. The third-order valence-corrected chi connectivity index (χ3v) is 7.88. The quantitative estimate of drug-likeness (QED) is 0.739. The third kappa shape index (κ3) is 4.37. The first-order chi connectivity index (χ1) is 10.9. The number of likely N-dealkylation sites (tertiary alicyclic amines) is 1. The first-order valence-corrected chi connectivity index (χ1v) is 11.1. The summed E-state index contributed by atoms with van der Waals surface area (Å²) in [5, 5.41) is 0. The summed E-state index contributed by atoms with van der Waals surface area (Å²) < 4.78 is 23.1. The molecule has 2 saturated heterocycles. The van der Waals surface area contributed by atoms with Crippen LogP contribution in [0.1, 0.15) is 39.5 Å². The van der Waals surface area contributed by atoms with Crippen molar-refractivity contribution in [1.29, 1.82) is 0 Å². The van der Waals surface area contributed by atoms with E-state index in [2.05, 4.69) is 29.7 Å². The maximum Gasteiger partial charge on any atom is 0.152 e. The van der Waals surface area contributed by atoms with Crippen LogP contribution in [0.15, 0.2) is 11.6 Å².